The summed E-state index contributed by atoms with van der Waals surface area (Å²) >= 11 is 0. The highest BCUT2D eigenvalue weighted by Crippen LogP contribution is 2.21. The van der Waals surface area contributed by atoms with Crippen LogP contribution < -0.4 is 15.8 Å². The molecule has 1 N–H and O–H groups in total. The molecule has 1 aromatic carbocycles. The molecule has 0 bridgehead atoms. The summed E-state index contributed by atoms with van der Waals surface area (Å²) in [6.07, 6.45) is 3.11. The largest absolute Gasteiger partial charge is 0.369 e. The molecule has 0 aliphatic carbocycles. The summed E-state index contributed by atoms with van der Waals surface area (Å²) in [5.41, 5.74) is 2.63. The van der Waals surface area contributed by atoms with Gasteiger partial charge in [-0.05, 0) is 43.5 Å². The van der Waals surface area contributed by atoms with Gasteiger partial charge in [0.25, 0.3) is 5.56 Å². The van der Waals surface area contributed by atoms with Crippen molar-refractivity contribution in [3.63, 3.8) is 0 Å². The fourth-order valence-electron chi connectivity index (χ4n) is 4.86. The van der Waals surface area contributed by atoms with E-state index in [1.54, 1.807) is 27.8 Å². The zero-order valence-electron chi connectivity index (χ0n) is 21.3. The molecule has 1 amide bonds. The molecule has 0 saturated carbocycles. The van der Waals surface area contributed by atoms with Gasteiger partial charge in [0.2, 0.25) is 11.9 Å². The molecule has 10 heteroatoms. The maximum Gasteiger partial charge on any atom is 0.252 e. The van der Waals surface area contributed by atoms with Crippen molar-refractivity contribution in [2.24, 2.45) is 0 Å². The highest BCUT2D eigenvalue weighted by atomic mass is 16.2. The Morgan fingerprint density at radius 2 is 1.70 bits per heavy atom. The first-order chi connectivity index (χ1) is 18.0. The van der Waals surface area contributed by atoms with Gasteiger partial charge in [0.1, 0.15) is 5.65 Å². The molecule has 4 heterocycles. The Morgan fingerprint density at radius 1 is 0.973 bits per heavy atom. The average Bonchev–Trinajstić information content (AvgIpc) is 2.93. The van der Waals surface area contributed by atoms with Crippen molar-refractivity contribution in [3.8, 4) is 0 Å². The van der Waals surface area contributed by atoms with E-state index in [1.165, 1.54) is 11.8 Å². The van der Waals surface area contributed by atoms with Gasteiger partial charge in [-0.2, -0.15) is 4.98 Å². The third-order valence-electron chi connectivity index (χ3n) is 7.21. The topological polar surface area (TPSA) is 89.8 Å². The number of hydrogen-bond donors (Lipinski definition) is 1. The molecule has 0 radical (unpaired) electrons. The Bertz CT molecular complexity index is 1310. The van der Waals surface area contributed by atoms with Crippen LogP contribution in [-0.4, -0.2) is 101 Å². The Kier molecular flexibility index (Phi) is 7.47. The van der Waals surface area contributed by atoms with Crippen molar-refractivity contribution >= 4 is 34.3 Å². The number of anilines is 3. The number of pyridine rings is 1. The molecule has 3 aromatic rings. The first kappa shape index (κ1) is 24.9. The summed E-state index contributed by atoms with van der Waals surface area (Å²) in [5.74, 6) is 0.423. The molecule has 2 aromatic heterocycles. The zero-order valence-corrected chi connectivity index (χ0v) is 21.3. The van der Waals surface area contributed by atoms with Crippen LogP contribution in [0, 0.1) is 0 Å². The van der Waals surface area contributed by atoms with Gasteiger partial charge in [-0.25, -0.2) is 4.98 Å². The van der Waals surface area contributed by atoms with Gasteiger partial charge in [0.05, 0.1) is 0 Å². The van der Waals surface area contributed by atoms with Gasteiger partial charge in [-0.1, -0.05) is 6.58 Å². The number of rotatable bonds is 7. The number of fused-ring (bicyclic) bond motifs is 1. The molecule has 194 valence electrons. The number of hydrogen-bond acceptors (Lipinski definition) is 8. The molecule has 0 spiro atoms. The fraction of sp³-hybridized carbons (Fsp3) is 0.407. The summed E-state index contributed by atoms with van der Waals surface area (Å²) in [6.45, 7) is 11.8. The minimum atomic E-state index is -0.0887. The monoisotopic (exact) mass is 502 g/mol. The van der Waals surface area contributed by atoms with E-state index in [2.05, 4.69) is 50.8 Å². The Morgan fingerprint density at radius 3 is 2.41 bits per heavy atom. The van der Waals surface area contributed by atoms with E-state index >= 15 is 0 Å². The zero-order chi connectivity index (χ0) is 25.8. The Hall–Kier alpha value is -3.76. The lowest BCUT2D eigenvalue weighted by molar-refractivity contribution is -0.127. The molecule has 5 rings (SSSR count). The fourth-order valence-corrected chi connectivity index (χ4v) is 4.86. The van der Waals surface area contributed by atoms with Crippen molar-refractivity contribution in [3.05, 3.63) is 65.6 Å². The number of carbonyl (C=O) groups is 1. The molecule has 2 aliphatic heterocycles. The van der Waals surface area contributed by atoms with Gasteiger partial charge >= 0.3 is 0 Å². The van der Waals surface area contributed by atoms with Crippen LogP contribution in [0.25, 0.3) is 11.0 Å². The van der Waals surface area contributed by atoms with Crippen LogP contribution in [0.3, 0.4) is 0 Å². The number of amides is 1. The van der Waals surface area contributed by atoms with Crippen LogP contribution in [0.2, 0.25) is 0 Å². The molecule has 0 atom stereocenters. The van der Waals surface area contributed by atoms with Gasteiger partial charge in [0, 0.05) is 94.5 Å². The number of nitrogens with one attached hydrogen (secondary N) is 1. The number of carbonyl (C=O) groups excluding carboxylic acids is 1. The Balaban J connectivity index is 1.26. The molecule has 10 nitrogen and oxygen atoms in total. The molecule has 2 aliphatic rings. The van der Waals surface area contributed by atoms with Crippen LogP contribution in [0.15, 0.2) is 60.0 Å². The van der Waals surface area contributed by atoms with Gasteiger partial charge in [-0.3, -0.25) is 19.1 Å². The normalized spacial score (nSPS) is 17.2. The van der Waals surface area contributed by atoms with Crippen LogP contribution >= 0.6 is 0 Å². The Labute approximate surface area is 216 Å². The average molecular weight is 503 g/mol. The van der Waals surface area contributed by atoms with E-state index in [1.807, 2.05) is 12.1 Å². The van der Waals surface area contributed by atoms with Crippen LogP contribution in [0.4, 0.5) is 17.3 Å². The molecule has 0 unspecified atom stereocenters. The van der Waals surface area contributed by atoms with Crippen molar-refractivity contribution in [1.82, 2.24) is 29.2 Å². The second kappa shape index (κ2) is 11.1. The van der Waals surface area contributed by atoms with E-state index in [0.717, 1.165) is 50.3 Å². The minimum Gasteiger partial charge on any atom is -0.369 e. The molecular weight excluding hydrogens is 468 g/mol. The van der Waals surface area contributed by atoms with Crippen molar-refractivity contribution in [2.45, 2.75) is 6.54 Å². The number of aromatic nitrogens is 3. The quantitative estimate of drug-likeness (QED) is 0.488. The first-order valence-corrected chi connectivity index (χ1v) is 12.8. The summed E-state index contributed by atoms with van der Waals surface area (Å²) in [6, 6.07) is 11.6. The smallest absolute Gasteiger partial charge is 0.252 e. The molecule has 37 heavy (non-hydrogen) atoms. The van der Waals surface area contributed by atoms with Crippen LogP contribution in [0.5, 0.6) is 0 Å². The van der Waals surface area contributed by atoms with Gasteiger partial charge < -0.3 is 20.0 Å². The van der Waals surface area contributed by atoms with Crippen LogP contribution in [0.1, 0.15) is 0 Å². The standard InChI is InChI=1S/C27H34N8O2/c1-3-24(36)34-17-12-32(13-18-34)14-19-35-25(37)9-4-21-20-28-27(30-26(21)35)29-22-5-7-23(8-6-22)33-15-10-31(2)11-16-33/h3-9,20H,1,10-19H2,2H3,(H,28,29,30). The molecule has 2 saturated heterocycles. The molecular formula is C27H34N8O2. The highest BCUT2D eigenvalue weighted by molar-refractivity contribution is 5.87. The van der Waals surface area contributed by atoms with E-state index in [0.29, 0.717) is 37.8 Å². The predicted octanol–water partition coefficient (Wildman–Crippen LogP) is 1.62. The summed E-state index contributed by atoms with van der Waals surface area (Å²) in [7, 11) is 2.16. The second-order valence-electron chi connectivity index (χ2n) is 9.63. The number of benzene rings is 1. The number of likely N-dealkylation sites (N-methyl/N-ethyl adjacent to an activating group) is 1. The third kappa shape index (κ3) is 5.81. The van der Waals surface area contributed by atoms with E-state index < -0.39 is 0 Å². The SMILES string of the molecule is C=CC(=O)N1CCN(CCn2c(=O)ccc3cnc(Nc4ccc(N5CCN(C)CC5)cc4)nc32)CC1. The number of piperazine rings is 2. The maximum absolute atomic E-state index is 12.8. The van der Waals surface area contributed by atoms with Crippen molar-refractivity contribution < 1.29 is 4.79 Å². The van der Waals surface area contributed by atoms with Gasteiger partial charge in [-0.15, -0.1) is 0 Å². The maximum atomic E-state index is 12.8. The van der Waals surface area contributed by atoms with E-state index in [-0.39, 0.29) is 11.5 Å². The minimum absolute atomic E-state index is 0.0318. The lowest BCUT2D eigenvalue weighted by Gasteiger charge is -2.34. The second-order valence-corrected chi connectivity index (χ2v) is 9.63. The lowest BCUT2D eigenvalue weighted by Crippen LogP contribution is -2.49. The highest BCUT2D eigenvalue weighted by Gasteiger charge is 2.19. The first-order valence-electron chi connectivity index (χ1n) is 12.8. The summed E-state index contributed by atoms with van der Waals surface area (Å²) in [5, 5.41) is 4.10. The number of nitrogens with zero attached hydrogens (tertiary/aromatic N) is 7. The summed E-state index contributed by atoms with van der Waals surface area (Å²) < 4.78 is 1.71. The predicted molar refractivity (Wildman–Crippen MR) is 146 cm³/mol. The van der Waals surface area contributed by atoms with Crippen molar-refractivity contribution in [2.75, 3.05) is 76.2 Å². The lowest BCUT2D eigenvalue weighted by atomic mass is 10.2. The van der Waals surface area contributed by atoms with Crippen molar-refractivity contribution in [1.29, 1.82) is 0 Å². The summed E-state index contributed by atoms with van der Waals surface area (Å²) in [4.78, 5) is 42.6. The van der Waals surface area contributed by atoms with E-state index in [9.17, 15) is 9.59 Å². The van der Waals surface area contributed by atoms with Crippen LogP contribution in [-0.2, 0) is 11.3 Å². The molecule has 2 fully saturated rings. The van der Waals surface area contributed by atoms with Gasteiger partial charge in [0.15, 0.2) is 0 Å². The van der Waals surface area contributed by atoms with E-state index in [4.69, 9.17) is 4.98 Å². The third-order valence-corrected chi connectivity index (χ3v) is 7.21.